The van der Waals surface area contributed by atoms with Gasteiger partial charge in [0, 0.05) is 19.5 Å². The molecule has 7 nitrogen and oxygen atoms in total. The van der Waals surface area contributed by atoms with E-state index >= 15 is 0 Å². The van der Waals surface area contributed by atoms with Crippen molar-refractivity contribution in [2.24, 2.45) is 16.8 Å². The van der Waals surface area contributed by atoms with Crippen LogP contribution in [0.1, 0.15) is 6.92 Å². The van der Waals surface area contributed by atoms with Gasteiger partial charge in [-0.15, -0.1) is 0 Å². The number of hydrogen-bond acceptors (Lipinski definition) is 4. The zero-order chi connectivity index (χ0) is 14.6. The first-order valence-electron chi connectivity index (χ1n) is 4.74. The Kier molecular flexibility index (Phi) is 5.83. The summed E-state index contributed by atoms with van der Waals surface area (Å²) in [5.41, 5.74) is 5.23. The van der Waals surface area contributed by atoms with Crippen molar-refractivity contribution in [3.8, 4) is 0 Å². The fourth-order valence-electron chi connectivity index (χ4n) is 0.959. The Labute approximate surface area is 103 Å². The molecule has 108 valence electrons. The van der Waals surface area contributed by atoms with Gasteiger partial charge in [0.1, 0.15) is 12.4 Å². The number of hydrogen-bond donors (Lipinski definition) is 3. The zero-order valence-corrected chi connectivity index (χ0v) is 10.6. The predicted octanol–water partition coefficient (Wildman–Crippen LogP) is -0.303. The van der Waals surface area contributed by atoms with Gasteiger partial charge in [0.05, 0.1) is 0 Å². The third-order valence-corrected chi connectivity index (χ3v) is 3.50. The molecule has 0 aromatic rings. The third kappa shape index (κ3) is 6.02. The second-order valence-corrected chi connectivity index (χ2v) is 5.51. The maximum absolute atomic E-state index is 11.9. The average Bonchev–Trinajstić information content (AvgIpc) is 2.24. The minimum atomic E-state index is -4.63. The molecule has 0 saturated heterocycles. The highest BCUT2D eigenvalue weighted by atomic mass is 32.2. The standard InChI is InChI=1S/C7H15F3N4O3S/c1-5(6(11)13-15)3-14(2)18(16,17)12-4-7(8,9)10/h5,12,15H,3-4H2,1-2H3,(H2,11,13). The zero-order valence-electron chi connectivity index (χ0n) is 9.77. The van der Waals surface area contributed by atoms with E-state index in [1.54, 1.807) is 0 Å². The topological polar surface area (TPSA) is 108 Å². The highest BCUT2D eigenvalue weighted by molar-refractivity contribution is 7.87. The summed E-state index contributed by atoms with van der Waals surface area (Å²) in [5, 5.41) is 11.0. The van der Waals surface area contributed by atoms with Gasteiger partial charge < -0.3 is 10.9 Å². The summed E-state index contributed by atoms with van der Waals surface area (Å²) in [7, 11) is -3.18. The molecule has 0 aromatic carbocycles. The van der Waals surface area contributed by atoms with Crippen LogP contribution in [0.3, 0.4) is 0 Å². The molecule has 1 atom stereocenters. The monoisotopic (exact) mass is 292 g/mol. The molecular formula is C7H15F3N4O3S. The first-order chi connectivity index (χ1) is 7.99. The van der Waals surface area contributed by atoms with Crippen LogP contribution in [0.25, 0.3) is 0 Å². The van der Waals surface area contributed by atoms with Crippen molar-refractivity contribution in [1.82, 2.24) is 9.03 Å². The van der Waals surface area contributed by atoms with Gasteiger partial charge in [-0.3, -0.25) is 0 Å². The van der Waals surface area contributed by atoms with E-state index < -0.39 is 28.8 Å². The fourth-order valence-corrected chi connectivity index (χ4v) is 1.95. The summed E-state index contributed by atoms with van der Waals surface area (Å²) < 4.78 is 60.5. The van der Waals surface area contributed by atoms with E-state index in [0.29, 0.717) is 4.31 Å². The lowest BCUT2D eigenvalue weighted by Gasteiger charge is -2.21. The first-order valence-corrected chi connectivity index (χ1v) is 6.18. The molecule has 0 spiro atoms. The molecule has 0 aliphatic heterocycles. The Morgan fingerprint density at radius 2 is 2.06 bits per heavy atom. The Morgan fingerprint density at radius 3 is 2.44 bits per heavy atom. The molecule has 0 bridgehead atoms. The van der Waals surface area contributed by atoms with Crippen LogP contribution in [-0.4, -0.2) is 50.1 Å². The number of nitrogens with zero attached hydrogens (tertiary/aromatic N) is 2. The Morgan fingerprint density at radius 1 is 1.56 bits per heavy atom. The maximum Gasteiger partial charge on any atom is 0.402 e. The highest BCUT2D eigenvalue weighted by Crippen LogP contribution is 2.13. The molecule has 0 aliphatic carbocycles. The molecule has 0 aliphatic rings. The van der Waals surface area contributed by atoms with E-state index in [0.717, 1.165) is 7.05 Å². The van der Waals surface area contributed by atoms with E-state index in [9.17, 15) is 21.6 Å². The molecule has 11 heteroatoms. The molecule has 0 amide bonds. The molecule has 0 heterocycles. The van der Waals surface area contributed by atoms with Crippen LogP contribution in [-0.2, 0) is 10.2 Å². The highest BCUT2D eigenvalue weighted by Gasteiger charge is 2.31. The lowest BCUT2D eigenvalue weighted by atomic mass is 10.2. The molecule has 18 heavy (non-hydrogen) atoms. The number of rotatable bonds is 6. The van der Waals surface area contributed by atoms with Crippen molar-refractivity contribution in [3.63, 3.8) is 0 Å². The van der Waals surface area contributed by atoms with Crippen LogP contribution in [0.2, 0.25) is 0 Å². The van der Waals surface area contributed by atoms with Crippen LogP contribution in [0, 0.1) is 5.92 Å². The molecule has 0 radical (unpaired) electrons. The Bertz CT molecular complexity index is 395. The van der Waals surface area contributed by atoms with Gasteiger partial charge in [-0.1, -0.05) is 12.1 Å². The van der Waals surface area contributed by atoms with Crippen molar-refractivity contribution in [2.45, 2.75) is 13.1 Å². The minimum absolute atomic E-state index is 0.215. The van der Waals surface area contributed by atoms with Crippen LogP contribution < -0.4 is 10.5 Å². The number of amidine groups is 1. The summed E-state index contributed by atoms with van der Waals surface area (Å²) in [6, 6.07) is 0. The Hall–Kier alpha value is -1.07. The number of alkyl halides is 3. The number of nitrogens with one attached hydrogen (secondary N) is 1. The van der Waals surface area contributed by atoms with E-state index in [1.165, 1.54) is 11.6 Å². The average molecular weight is 292 g/mol. The number of oxime groups is 1. The van der Waals surface area contributed by atoms with Gasteiger partial charge in [-0.05, 0) is 0 Å². The molecule has 0 rings (SSSR count). The third-order valence-electron chi connectivity index (χ3n) is 2.02. The number of nitrogens with two attached hydrogens (primary N) is 1. The van der Waals surface area contributed by atoms with Gasteiger partial charge in [0.2, 0.25) is 0 Å². The van der Waals surface area contributed by atoms with Gasteiger partial charge in [-0.2, -0.15) is 30.6 Å². The molecule has 0 aromatic heterocycles. The molecular weight excluding hydrogens is 277 g/mol. The summed E-state index contributed by atoms with van der Waals surface area (Å²) in [6.07, 6.45) is -4.63. The summed E-state index contributed by atoms with van der Waals surface area (Å²) in [6.45, 7) is -0.411. The SMILES string of the molecule is CC(CN(C)S(=O)(=O)NCC(F)(F)F)C(N)=NO. The lowest BCUT2D eigenvalue weighted by molar-refractivity contribution is -0.121. The van der Waals surface area contributed by atoms with Crippen molar-refractivity contribution in [1.29, 1.82) is 0 Å². The quantitative estimate of drug-likeness (QED) is 0.270. The van der Waals surface area contributed by atoms with Gasteiger partial charge in [-0.25, -0.2) is 0 Å². The van der Waals surface area contributed by atoms with Crippen LogP contribution in [0.5, 0.6) is 0 Å². The van der Waals surface area contributed by atoms with E-state index in [4.69, 9.17) is 10.9 Å². The van der Waals surface area contributed by atoms with Gasteiger partial charge in [0.15, 0.2) is 0 Å². The van der Waals surface area contributed by atoms with E-state index in [1.807, 2.05) is 0 Å². The second-order valence-electron chi connectivity index (χ2n) is 3.65. The van der Waals surface area contributed by atoms with E-state index in [2.05, 4.69) is 5.16 Å². The molecule has 1 unspecified atom stereocenters. The molecule has 4 N–H and O–H groups in total. The van der Waals surface area contributed by atoms with E-state index in [-0.39, 0.29) is 12.4 Å². The normalized spacial score (nSPS) is 16.0. The smallest absolute Gasteiger partial charge is 0.402 e. The van der Waals surface area contributed by atoms with Crippen LogP contribution in [0.15, 0.2) is 5.16 Å². The number of halogens is 3. The minimum Gasteiger partial charge on any atom is -0.409 e. The van der Waals surface area contributed by atoms with Crippen LogP contribution >= 0.6 is 0 Å². The molecule has 0 saturated carbocycles. The van der Waals surface area contributed by atoms with Crippen molar-refractivity contribution in [3.05, 3.63) is 0 Å². The van der Waals surface area contributed by atoms with Gasteiger partial charge in [0.25, 0.3) is 10.2 Å². The summed E-state index contributed by atoms with van der Waals surface area (Å²) >= 11 is 0. The summed E-state index contributed by atoms with van der Waals surface area (Å²) in [4.78, 5) is 0. The molecule has 0 fully saturated rings. The maximum atomic E-state index is 11.9. The predicted molar refractivity (Wildman–Crippen MR) is 58.2 cm³/mol. The van der Waals surface area contributed by atoms with Crippen molar-refractivity contribution < 1.29 is 26.8 Å². The summed E-state index contributed by atoms with van der Waals surface area (Å²) in [5.74, 6) is -0.852. The lowest BCUT2D eigenvalue weighted by Crippen LogP contribution is -2.45. The van der Waals surface area contributed by atoms with Crippen molar-refractivity contribution in [2.75, 3.05) is 20.1 Å². The first kappa shape index (κ1) is 16.9. The largest absolute Gasteiger partial charge is 0.409 e. The van der Waals surface area contributed by atoms with Crippen LogP contribution in [0.4, 0.5) is 13.2 Å². The Balaban J connectivity index is 4.54. The van der Waals surface area contributed by atoms with Gasteiger partial charge >= 0.3 is 6.18 Å². The van der Waals surface area contributed by atoms with Crippen molar-refractivity contribution >= 4 is 16.0 Å². The fraction of sp³-hybridized carbons (Fsp3) is 0.857. The second kappa shape index (κ2) is 6.20.